The highest BCUT2D eigenvalue weighted by atomic mass is 16.5. The first-order valence-electron chi connectivity index (χ1n) is 13.2. The second kappa shape index (κ2) is 13.2. The fourth-order valence-corrected chi connectivity index (χ4v) is 4.56. The Bertz CT molecular complexity index is 703. The number of nitrogens with zero attached hydrogens (tertiary/aromatic N) is 1. The summed E-state index contributed by atoms with van der Waals surface area (Å²) < 4.78 is 11.7. The number of rotatable bonds is 15. The summed E-state index contributed by atoms with van der Waals surface area (Å²) in [7, 11) is 3.95. The van der Waals surface area contributed by atoms with Gasteiger partial charge < -0.3 is 20.1 Å². The number of allylic oxidation sites excluding steroid dienone is 1. The molecule has 0 aromatic carbocycles. The highest BCUT2D eigenvalue weighted by molar-refractivity contribution is 5.81. The molecule has 0 saturated heterocycles. The van der Waals surface area contributed by atoms with Crippen LogP contribution in [0.1, 0.15) is 95.4 Å². The molecule has 0 aliphatic rings. The molecule has 0 rings (SSSR count). The molecule has 0 heterocycles. The third kappa shape index (κ3) is 10.2. The second-order valence-corrected chi connectivity index (χ2v) is 13.3. The van der Waals surface area contributed by atoms with Gasteiger partial charge in [0, 0.05) is 17.3 Å². The van der Waals surface area contributed by atoms with Crippen LogP contribution in [0.5, 0.6) is 0 Å². The number of ether oxygens (including phenoxy) is 2. The summed E-state index contributed by atoms with van der Waals surface area (Å²) in [6, 6.07) is 0. The van der Waals surface area contributed by atoms with Gasteiger partial charge in [-0.05, 0) is 57.7 Å². The molecule has 0 aromatic rings. The van der Waals surface area contributed by atoms with Gasteiger partial charge in [0.2, 0.25) is 0 Å². The van der Waals surface area contributed by atoms with E-state index < -0.39 is 28.4 Å². The molecule has 0 spiro atoms. The van der Waals surface area contributed by atoms with Crippen LogP contribution in [0.25, 0.3) is 0 Å². The van der Waals surface area contributed by atoms with Crippen molar-refractivity contribution >= 4 is 11.9 Å². The molecule has 0 aliphatic heterocycles. The van der Waals surface area contributed by atoms with Crippen molar-refractivity contribution in [3.8, 4) is 0 Å². The molecule has 2 unspecified atom stereocenters. The summed E-state index contributed by atoms with van der Waals surface area (Å²) >= 11 is 0. The van der Waals surface area contributed by atoms with Gasteiger partial charge in [-0.2, -0.15) is 0 Å². The first kappa shape index (κ1) is 33.6. The van der Waals surface area contributed by atoms with Crippen LogP contribution >= 0.6 is 0 Å². The first-order chi connectivity index (χ1) is 15.7. The third-order valence-electron chi connectivity index (χ3n) is 7.63. The van der Waals surface area contributed by atoms with Crippen molar-refractivity contribution in [3.05, 3.63) is 12.2 Å². The van der Waals surface area contributed by atoms with Gasteiger partial charge in [-0.3, -0.25) is 9.59 Å². The summed E-state index contributed by atoms with van der Waals surface area (Å²) in [6.07, 6.45) is 5.49. The van der Waals surface area contributed by atoms with Crippen molar-refractivity contribution in [1.29, 1.82) is 0 Å². The molecule has 6 nitrogen and oxygen atoms in total. The van der Waals surface area contributed by atoms with E-state index in [1.807, 2.05) is 38.9 Å². The van der Waals surface area contributed by atoms with Gasteiger partial charge >= 0.3 is 11.9 Å². The van der Waals surface area contributed by atoms with Gasteiger partial charge in [-0.25, -0.2) is 0 Å². The Morgan fingerprint density at radius 1 is 0.971 bits per heavy atom. The zero-order valence-electron chi connectivity index (χ0n) is 25.1. The van der Waals surface area contributed by atoms with Gasteiger partial charge in [0.25, 0.3) is 0 Å². The maximum absolute atomic E-state index is 13.2. The molecule has 0 amide bonds. The molecule has 206 valence electrons. The summed E-state index contributed by atoms with van der Waals surface area (Å²) in [6.45, 7) is 23.5. The topological polar surface area (TPSA) is 81.9 Å². The third-order valence-corrected chi connectivity index (χ3v) is 7.63. The summed E-state index contributed by atoms with van der Waals surface area (Å²) in [5.74, 6) is 0.0108. The maximum Gasteiger partial charge on any atom is 0.326 e. The van der Waals surface area contributed by atoms with E-state index in [9.17, 15) is 9.59 Å². The normalized spacial score (nSPS) is 16.1. The zero-order valence-corrected chi connectivity index (χ0v) is 25.1. The number of hydrogen-bond donors (Lipinski definition) is 1. The molecular formula is C29H56N2O4. The van der Waals surface area contributed by atoms with E-state index in [-0.39, 0.29) is 23.9 Å². The first-order valence-corrected chi connectivity index (χ1v) is 13.2. The molecule has 0 saturated carbocycles. The summed E-state index contributed by atoms with van der Waals surface area (Å²) in [5.41, 5.74) is 4.06. The van der Waals surface area contributed by atoms with Crippen molar-refractivity contribution in [2.45, 2.75) is 107 Å². The van der Waals surface area contributed by atoms with Crippen LogP contribution < -0.4 is 5.73 Å². The molecule has 0 fully saturated rings. The SMILES string of the molecule is CC(C)CC(C)(C)/C=C\COC(=O)C(C)(N)C(C)(C)C(OC(=O)CCCN(C)C)C(C)(C)C(C)C. The van der Waals surface area contributed by atoms with E-state index in [2.05, 4.69) is 61.5 Å². The van der Waals surface area contributed by atoms with Crippen LogP contribution in [-0.4, -0.2) is 55.7 Å². The highest BCUT2D eigenvalue weighted by Crippen LogP contribution is 2.47. The lowest BCUT2D eigenvalue weighted by atomic mass is 9.60. The molecule has 6 heteroatoms. The number of hydrogen-bond acceptors (Lipinski definition) is 6. The average Bonchev–Trinajstić information content (AvgIpc) is 2.67. The molecule has 0 bridgehead atoms. The van der Waals surface area contributed by atoms with E-state index >= 15 is 0 Å². The van der Waals surface area contributed by atoms with Crippen LogP contribution in [0, 0.1) is 28.1 Å². The zero-order chi connectivity index (χ0) is 27.8. The van der Waals surface area contributed by atoms with E-state index in [1.54, 1.807) is 6.92 Å². The monoisotopic (exact) mass is 496 g/mol. The Kier molecular flexibility index (Phi) is 12.7. The molecule has 0 aromatic heterocycles. The lowest BCUT2D eigenvalue weighted by molar-refractivity contribution is -0.183. The van der Waals surface area contributed by atoms with Crippen LogP contribution in [0.4, 0.5) is 0 Å². The number of carbonyl (C=O) groups excluding carboxylic acids is 2. The number of esters is 2. The standard InChI is InChI=1S/C29H56N2O4/c1-21(2)20-26(5,6)17-15-19-34-25(33)29(11,30)28(9,10)24(27(7,8)22(3)4)35-23(32)16-14-18-31(12)13/h15,17,21-22,24H,14,16,18-20,30H2,1-13H3/b17-15-. The van der Waals surface area contributed by atoms with Crippen molar-refractivity contribution in [2.75, 3.05) is 27.2 Å². The van der Waals surface area contributed by atoms with Crippen molar-refractivity contribution in [2.24, 2.45) is 33.8 Å². The highest BCUT2D eigenvalue weighted by Gasteiger charge is 2.56. The molecule has 2 N–H and O–H groups in total. The number of carbonyl (C=O) groups is 2. The lowest BCUT2D eigenvalue weighted by Crippen LogP contribution is -2.65. The molecule has 2 atom stereocenters. The Labute approximate surface area is 216 Å². The largest absolute Gasteiger partial charge is 0.461 e. The second-order valence-electron chi connectivity index (χ2n) is 13.3. The van der Waals surface area contributed by atoms with Gasteiger partial charge in [0.05, 0.1) is 0 Å². The van der Waals surface area contributed by atoms with Gasteiger partial charge in [0.1, 0.15) is 18.2 Å². The van der Waals surface area contributed by atoms with Crippen molar-refractivity contribution in [3.63, 3.8) is 0 Å². The van der Waals surface area contributed by atoms with Crippen molar-refractivity contribution in [1.82, 2.24) is 4.90 Å². The van der Waals surface area contributed by atoms with Crippen LogP contribution in [0.3, 0.4) is 0 Å². The predicted octanol–water partition coefficient (Wildman–Crippen LogP) is 5.84. The predicted molar refractivity (Wildman–Crippen MR) is 146 cm³/mol. The fraction of sp³-hybridized carbons (Fsp3) is 0.862. The maximum atomic E-state index is 13.2. The molecule has 0 radical (unpaired) electrons. The van der Waals surface area contributed by atoms with Gasteiger partial charge in [-0.1, -0.05) is 81.4 Å². The van der Waals surface area contributed by atoms with E-state index in [0.717, 1.165) is 13.0 Å². The molecular weight excluding hydrogens is 440 g/mol. The van der Waals surface area contributed by atoms with Gasteiger partial charge in [0.15, 0.2) is 0 Å². The summed E-state index contributed by atoms with van der Waals surface area (Å²) in [4.78, 5) is 28.1. The smallest absolute Gasteiger partial charge is 0.326 e. The van der Waals surface area contributed by atoms with Gasteiger partial charge in [-0.15, -0.1) is 0 Å². The van der Waals surface area contributed by atoms with Crippen LogP contribution in [-0.2, 0) is 19.1 Å². The number of nitrogens with two attached hydrogens (primary N) is 1. The minimum Gasteiger partial charge on any atom is -0.461 e. The molecule has 0 aliphatic carbocycles. The Morgan fingerprint density at radius 2 is 1.51 bits per heavy atom. The van der Waals surface area contributed by atoms with Crippen LogP contribution in [0.2, 0.25) is 0 Å². The van der Waals surface area contributed by atoms with E-state index in [1.165, 1.54) is 0 Å². The minimum atomic E-state index is -1.37. The van der Waals surface area contributed by atoms with Crippen molar-refractivity contribution < 1.29 is 19.1 Å². The Hall–Kier alpha value is -1.40. The average molecular weight is 497 g/mol. The fourth-order valence-electron chi connectivity index (χ4n) is 4.56. The Morgan fingerprint density at radius 3 is 1.97 bits per heavy atom. The minimum absolute atomic E-state index is 0.0268. The summed E-state index contributed by atoms with van der Waals surface area (Å²) in [5, 5.41) is 0. The van der Waals surface area contributed by atoms with E-state index in [0.29, 0.717) is 18.8 Å². The molecule has 35 heavy (non-hydrogen) atoms. The van der Waals surface area contributed by atoms with Crippen LogP contribution in [0.15, 0.2) is 12.2 Å². The van der Waals surface area contributed by atoms with E-state index in [4.69, 9.17) is 15.2 Å². The lowest BCUT2D eigenvalue weighted by Gasteiger charge is -2.51. The quantitative estimate of drug-likeness (QED) is 0.227. The Balaban J connectivity index is 5.66.